The van der Waals surface area contributed by atoms with Crippen LogP contribution in [0.1, 0.15) is 13.3 Å². The number of carbonyl (C=O) groups excluding carboxylic acids is 2. The highest BCUT2D eigenvalue weighted by molar-refractivity contribution is 6.07. The molecule has 0 bridgehead atoms. The van der Waals surface area contributed by atoms with Crippen LogP contribution in [-0.4, -0.2) is 61.5 Å². The van der Waals surface area contributed by atoms with Gasteiger partial charge in [-0.2, -0.15) is 0 Å². The lowest BCUT2D eigenvalue weighted by molar-refractivity contribution is -0.123. The van der Waals surface area contributed by atoms with Gasteiger partial charge in [0.1, 0.15) is 17.6 Å². The van der Waals surface area contributed by atoms with Gasteiger partial charge in [-0.05, 0) is 43.3 Å². The van der Waals surface area contributed by atoms with Crippen LogP contribution in [0.2, 0.25) is 0 Å². The van der Waals surface area contributed by atoms with Gasteiger partial charge in [-0.3, -0.25) is 14.9 Å². The summed E-state index contributed by atoms with van der Waals surface area (Å²) < 4.78 is 19.4. The summed E-state index contributed by atoms with van der Waals surface area (Å²) >= 11 is 0. The van der Waals surface area contributed by atoms with E-state index in [4.69, 9.17) is 4.74 Å². The second-order valence-electron chi connectivity index (χ2n) is 7.59. The van der Waals surface area contributed by atoms with E-state index in [0.29, 0.717) is 50.1 Å². The Morgan fingerprint density at radius 2 is 1.81 bits per heavy atom. The second-order valence-corrected chi connectivity index (χ2v) is 7.59. The SMILES string of the molecule is CCOc1ccc(NC(=O)C[C@@H]2N=C(N3CCN(c4ccccc4F)CC3)NC2=O)cc1. The van der Waals surface area contributed by atoms with Crippen LogP contribution in [0.15, 0.2) is 53.5 Å². The number of hydrogen-bond donors (Lipinski definition) is 2. The average molecular weight is 439 g/mol. The quantitative estimate of drug-likeness (QED) is 0.721. The van der Waals surface area contributed by atoms with Crippen molar-refractivity contribution in [1.29, 1.82) is 0 Å². The zero-order valence-electron chi connectivity index (χ0n) is 17.9. The summed E-state index contributed by atoms with van der Waals surface area (Å²) in [5.41, 5.74) is 1.21. The molecule has 2 aliphatic rings. The number of para-hydroxylation sites is 1. The van der Waals surface area contributed by atoms with Gasteiger partial charge in [0.2, 0.25) is 11.9 Å². The van der Waals surface area contributed by atoms with Gasteiger partial charge < -0.3 is 19.9 Å². The van der Waals surface area contributed by atoms with E-state index in [-0.39, 0.29) is 24.1 Å². The Kier molecular flexibility index (Phi) is 6.53. The predicted octanol–water partition coefficient (Wildman–Crippen LogP) is 2.23. The Hall–Kier alpha value is -3.62. The summed E-state index contributed by atoms with van der Waals surface area (Å²) in [4.78, 5) is 33.1. The molecule has 2 amide bonds. The fourth-order valence-corrected chi connectivity index (χ4v) is 3.79. The standard InChI is InChI=1S/C23H26FN5O3/c1-2-32-17-9-7-16(8-10-17)25-21(30)15-19-22(31)27-23(26-19)29-13-11-28(12-14-29)20-6-4-3-5-18(20)24/h3-10,19H,2,11-15H2,1H3,(H,25,30)(H,26,27,31)/t19-/m0/s1. The number of guanidine groups is 1. The first-order chi connectivity index (χ1) is 15.5. The van der Waals surface area contributed by atoms with Gasteiger partial charge in [0.15, 0.2) is 0 Å². The predicted molar refractivity (Wildman–Crippen MR) is 120 cm³/mol. The minimum Gasteiger partial charge on any atom is -0.494 e. The highest BCUT2D eigenvalue weighted by Crippen LogP contribution is 2.21. The third-order valence-electron chi connectivity index (χ3n) is 5.42. The zero-order valence-corrected chi connectivity index (χ0v) is 17.9. The molecule has 0 unspecified atom stereocenters. The summed E-state index contributed by atoms with van der Waals surface area (Å²) in [5, 5.41) is 5.56. The van der Waals surface area contributed by atoms with E-state index in [1.54, 1.807) is 36.4 Å². The van der Waals surface area contributed by atoms with E-state index in [2.05, 4.69) is 15.6 Å². The molecule has 2 heterocycles. The molecule has 0 saturated carbocycles. The maximum Gasteiger partial charge on any atom is 0.252 e. The van der Waals surface area contributed by atoms with Crippen molar-refractivity contribution in [2.45, 2.75) is 19.4 Å². The first-order valence-electron chi connectivity index (χ1n) is 10.7. The fourth-order valence-electron chi connectivity index (χ4n) is 3.79. The van der Waals surface area contributed by atoms with Crippen molar-refractivity contribution >= 4 is 29.1 Å². The summed E-state index contributed by atoms with van der Waals surface area (Å²) in [7, 11) is 0. The topological polar surface area (TPSA) is 86.3 Å². The summed E-state index contributed by atoms with van der Waals surface area (Å²) in [6, 6.07) is 13.0. The Morgan fingerprint density at radius 1 is 1.12 bits per heavy atom. The van der Waals surface area contributed by atoms with E-state index in [0.717, 1.165) is 5.75 Å². The fraction of sp³-hybridized carbons (Fsp3) is 0.348. The van der Waals surface area contributed by atoms with Crippen LogP contribution in [0.5, 0.6) is 5.75 Å². The molecule has 0 aromatic heterocycles. The van der Waals surface area contributed by atoms with Crippen molar-refractivity contribution < 1.29 is 18.7 Å². The largest absolute Gasteiger partial charge is 0.494 e. The van der Waals surface area contributed by atoms with Crippen LogP contribution in [0, 0.1) is 5.82 Å². The van der Waals surface area contributed by atoms with Gasteiger partial charge in [0.05, 0.1) is 18.7 Å². The normalized spacial score (nSPS) is 18.2. The summed E-state index contributed by atoms with van der Waals surface area (Å²) in [6.45, 7) is 4.88. The van der Waals surface area contributed by atoms with Crippen LogP contribution < -0.4 is 20.3 Å². The number of halogens is 1. The highest BCUT2D eigenvalue weighted by atomic mass is 19.1. The van der Waals surface area contributed by atoms with E-state index >= 15 is 0 Å². The van der Waals surface area contributed by atoms with Gasteiger partial charge in [0, 0.05) is 31.9 Å². The van der Waals surface area contributed by atoms with E-state index in [9.17, 15) is 14.0 Å². The molecule has 8 nitrogen and oxygen atoms in total. The van der Waals surface area contributed by atoms with Crippen molar-refractivity contribution in [3.05, 3.63) is 54.3 Å². The molecule has 1 saturated heterocycles. The number of anilines is 2. The molecule has 2 N–H and O–H groups in total. The molecule has 0 radical (unpaired) electrons. The molecule has 0 spiro atoms. The molecule has 2 aromatic carbocycles. The molecule has 9 heteroatoms. The number of amides is 2. The van der Waals surface area contributed by atoms with Crippen molar-refractivity contribution in [3.63, 3.8) is 0 Å². The smallest absolute Gasteiger partial charge is 0.252 e. The van der Waals surface area contributed by atoms with Gasteiger partial charge >= 0.3 is 0 Å². The van der Waals surface area contributed by atoms with E-state index in [1.165, 1.54) is 6.07 Å². The van der Waals surface area contributed by atoms with Crippen LogP contribution in [-0.2, 0) is 9.59 Å². The van der Waals surface area contributed by atoms with Crippen LogP contribution in [0.3, 0.4) is 0 Å². The molecule has 168 valence electrons. The Bertz CT molecular complexity index is 1000. The number of benzene rings is 2. The minimum atomic E-state index is -0.766. The minimum absolute atomic E-state index is 0.0439. The maximum atomic E-state index is 14.0. The number of hydrogen-bond acceptors (Lipinski definition) is 6. The van der Waals surface area contributed by atoms with Gasteiger partial charge in [-0.25, -0.2) is 9.38 Å². The van der Waals surface area contributed by atoms with Crippen molar-refractivity contribution in [2.24, 2.45) is 4.99 Å². The lowest BCUT2D eigenvalue weighted by Crippen LogP contribution is -2.52. The first-order valence-corrected chi connectivity index (χ1v) is 10.7. The molecule has 4 rings (SSSR count). The molecule has 2 aromatic rings. The number of aliphatic imine (C=N–C) groups is 1. The molecule has 1 atom stereocenters. The number of ether oxygens (including phenoxy) is 1. The molecule has 32 heavy (non-hydrogen) atoms. The third kappa shape index (κ3) is 4.99. The second kappa shape index (κ2) is 9.67. The Morgan fingerprint density at radius 3 is 2.50 bits per heavy atom. The van der Waals surface area contributed by atoms with Crippen LogP contribution in [0.4, 0.5) is 15.8 Å². The van der Waals surface area contributed by atoms with Crippen molar-refractivity contribution in [1.82, 2.24) is 10.2 Å². The zero-order chi connectivity index (χ0) is 22.5. The summed E-state index contributed by atoms with van der Waals surface area (Å²) in [6.07, 6.45) is -0.0439. The van der Waals surface area contributed by atoms with Gasteiger partial charge in [-0.15, -0.1) is 0 Å². The first kappa shape index (κ1) is 21.6. The number of nitrogens with one attached hydrogen (secondary N) is 2. The summed E-state index contributed by atoms with van der Waals surface area (Å²) in [5.74, 6) is 0.375. The Labute approximate surface area is 186 Å². The number of rotatable bonds is 6. The lowest BCUT2D eigenvalue weighted by Gasteiger charge is -2.36. The molecule has 1 fully saturated rings. The average Bonchev–Trinajstić information content (AvgIpc) is 3.16. The van der Waals surface area contributed by atoms with Crippen LogP contribution >= 0.6 is 0 Å². The maximum absolute atomic E-state index is 14.0. The van der Waals surface area contributed by atoms with Crippen molar-refractivity contribution in [3.8, 4) is 5.75 Å². The lowest BCUT2D eigenvalue weighted by atomic mass is 10.2. The highest BCUT2D eigenvalue weighted by Gasteiger charge is 2.32. The van der Waals surface area contributed by atoms with Gasteiger partial charge in [0.25, 0.3) is 5.91 Å². The van der Waals surface area contributed by atoms with E-state index < -0.39 is 6.04 Å². The molecule has 2 aliphatic heterocycles. The molecular weight excluding hydrogens is 413 g/mol. The number of nitrogens with zero attached hydrogens (tertiary/aromatic N) is 3. The van der Waals surface area contributed by atoms with E-state index in [1.807, 2.05) is 22.8 Å². The van der Waals surface area contributed by atoms with Crippen LogP contribution in [0.25, 0.3) is 0 Å². The van der Waals surface area contributed by atoms with Crippen molar-refractivity contribution in [2.75, 3.05) is 43.0 Å². The Balaban J connectivity index is 1.30. The molecule has 0 aliphatic carbocycles. The number of piperazine rings is 1. The number of carbonyl (C=O) groups is 2. The van der Waals surface area contributed by atoms with Gasteiger partial charge in [-0.1, -0.05) is 12.1 Å². The molecular formula is C23H26FN5O3. The monoisotopic (exact) mass is 439 g/mol. The third-order valence-corrected chi connectivity index (χ3v) is 5.42.